The van der Waals surface area contributed by atoms with Gasteiger partial charge in [-0.3, -0.25) is 10.2 Å². The fourth-order valence-electron chi connectivity index (χ4n) is 1.91. The Bertz CT molecular complexity index is 587. The van der Waals surface area contributed by atoms with Crippen molar-refractivity contribution in [3.8, 4) is 0 Å². The molecule has 0 aliphatic carbocycles. The van der Waals surface area contributed by atoms with Gasteiger partial charge in [0.2, 0.25) is 0 Å². The molecule has 1 aromatic rings. The predicted molar refractivity (Wildman–Crippen MR) is 81.4 cm³/mol. The molecule has 1 fully saturated rings. The molecule has 1 aliphatic rings. The fraction of sp³-hybridized carbons (Fsp3) is 0.417. The van der Waals surface area contributed by atoms with E-state index in [-0.39, 0.29) is 23.4 Å². The van der Waals surface area contributed by atoms with E-state index in [1.54, 1.807) is 19.9 Å². The summed E-state index contributed by atoms with van der Waals surface area (Å²) in [4.78, 5) is 23.6. The van der Waals surface area contributed by atoms with Crippen LogP contribution in [0.5, 0.6) is 0 Å². The van der Waals surface area contributed by atoms with Crippen LogP contribution in [0.2, 0.25) is 0 Å². The molecule has 2 rings (SSSR count). The number of carbonyl (C=O) groups is 2. The minimum atomic E-state index is -0.451. The molecule has 9 heteroatoms. The first-order valence-electron chi connectivity index (χ1n) is 6.21. The number of furan rings is 1. The number of nitrogens with zero attached hydrogens (tertiary/aromatic N) is 1. The molecule has 1 saturated heterocycles. The first kappa shape index (κ1) is 15.6. The van der Waals surface area contributed by atoms with E-state index in [1.165, 1.54) is 16.8 Å². The van der Waals surface area contributed by atoms with E-state index in [0.29, 0.717) is 17.1 Å². The summed E-state index contributed by atoms with van der Waals surface area (Å²) in [7, 11) is 0. The molecule has 2 heterocycles. The van der Waals surface area contributed by atoms with Gasteiger partial charge in [0.25, 0.3) is 5.91 Å². The third-order valence-electron chi connectivity index (χ3n) is 2.77. The second-order valence-electron chi connectivity index (χ2n) is 4.24. The Balaban J connectivity index is 2.25. The Morgan fingerprint density at radius 2 is 2.43 bits per heavy atom. The molecular formula is C12H15N3O4S2. The number of amides is 1. The van der Waals surface area contributed by atoms with Crippen LogP contribution in [-0.4, -0.2) is 34.4 Å². The lowest BCUT2D eigenvalue weighted by Gasteiger charge is -2.22. The number of esters is 1. The van der Waals surface area contributed by atoms with E-state index >= 15 is 0 Å². The van der Waals surface area contributed by atoms with Gasteiger partial charge in [-0.1, -0.05) is 0 Å². The highest BCUT2D eigenvalue weighted by Gasteiger charge is 2.36. The third kappa shape index (κ3) is 3.30. The number of aryl methyl sites for hydroxylation is 1. The highest BCUT2D eigenvalue weighted by molar-refractivity contribution is 8.00. The van der Waals surface area contributed by atoms with Crippen LogP contribution in [0.1, 0.15) is 34.2 Å². The van der Waals surface area contributed by atoms with Crippen LogP contribution in [0.3, 0.4) is 0 Å². The van der Waals surface area contributed by atoms with Gasteiger partial charge in [-0.15, -0.1) is 11.8 Å². The average Bonchev–Trinajstić information content (AvgIpc) is 2.94. The first-order chi connectivity index (χ1) is 9.93. The van der Waals surface area contributed by atoms with Crippen LogP contribution in [0.4, 0.5) is 0 Å². The molecule has 3 N–H and O–H groups in total. The maximum absolute atomic E-state index is 11.8. The van der Waals surface area contributed by atoms with E-state index in [1.807, 2.05) is 0 Å². The van der Waals surface area contributed by atoms with E-state index in [0.717, 1.165) is 0 Å². The molecule has 1 aromatic heterocycles. The van der Waals surface area contributed by atoms with Gasteiger partial charge < -0.3 is 14.9 Å². The van der Waals surface area contributed by atoms with Crippen molar-refractivity contribution in [3.05, 3.63) is 23.2 Å². The maximum atomic E-state index is 11.8. The van der Waals surface area contributed by atoms with Crippen molar-refractivity contribution in [2.24, 2.45) is 5.73 Å². The Hall–Kier alpha value is -1.74. The SMILES string of the molecule is CCOC(=O)c1cc(C2SCC(=O)N2NC(N)=S)oc1C. The maximum Gasteiger partial charge on any atom is 0.341 e. The van der Waals surface area contributed by atoms with Crippen LogP contribution in [-0.2, 0) is 9.53 Å². The Morgan fingerprint density at radius 3 is 3.05 bits per heavy atom. The molecule has 1 unspecified atom stereocenters. The number of hydrazine groups is 1. The first-order valence-corrected chi connectivity index (χ1v) is 7.67. The van der Waals surface area contributed by atoms with Crippen LogP contribution in [0.25, 0.3) is 0 Å². The predicted octanol–water partition coefficient (Wildman–Crippen LogP) is 1.09. The highest BCUT2D eigenvalue weighted by atomic mass is 32.2. The number of thiocarbonyl (C=S) groups is 1. The van der Waals surface area contributed by atoms with Crippen molar-refractivity contribution in [2.75, 3.05) is 12.4 Å². The van der Waals surface area contributed by atoms with E-state index in [9.17, 15) is 9.59 Å². The smallest absolute Gasteiger partial charge is 0.341 e. The van der Waals surface area contributed by atoms with E-state index in [4.69, 9.17) is 27.1 Å². The summed E-state index contributed by atoms with van der Waals surface area (Å²) in [6.45, 7) is 3.68. The Labute approximate surface area is 131 Å². The summed E-state index contributed by atoms with van der Waals surface area (Å²) in [5.74, 6) is 0.570. The zero-order valence-corrected chi connectivity index (χ0v) is 13.2. The molecule has 0 saturated carbocycles. The molecule has 7 nitrogen and oxygen atoms in total. The van der Waals surface area contributed by atoms with Crippen molar-refractivity contribution in [2.45, 2.75) is 19.2 Å². The molecule has 0 aromatic carbocycles. The normalized spacial score (nSPS) is 17.9. The van der Waals surface area contributed by atoms with Crippen molar-refractivity contribution in [3.63, 3.8) is 0 Å². The van der Waals surface area contributed by atoms with Gasteiger partial charge in [0, 0.05) is 0 Å². The summed E-state index contributed by atoms with van der Waals surface area (Å²) >= 11 is 6.11. The number of carbonyl (C=O) groups excluding carboxylic acids is 2. The fourth-order valence-corrected chi connectivity index (χ4v) is 3.05. The van der Waals surface area contributed by atoms with Crippen LogP contribution in [0.15, 0.2) is 10.5 Å². The molecule has 21 heavy (non-hydrogen) atoms. The minimum Gasteiger partial charge on any atom is -0.462 e. The number of ether oxygens (including phenoxy) is 1. The Morgan fingerprint density at radius 1 is 1.71 bits per heavy atom. The third-order valence-corrected chi connectivity index (χ3v) is 4.04. The summed E-state index contributed by atoms with van der Waals surface area (Å²) < 4.78 is 10.5. The second-order valence-corrected chi connectivity index (χ2v) is 5.75. The minimum absolute atomic E-state index is 0.00950. The molecule has 1 atom stereocenters. The molecular weight excluding hydrogens is 314 g/mol. The zero-order chi connectivity index (χ0) is 15.6. The monoisotopic (exact) mass is 329 g/mol. The molecule has 114 valence electrons. The molecule has 1 amide bonds. The van der Waals surface area contributed by atoms with Gasteiger partial charge in [-0.05, 0) is 32.1 Å². The lowest BCUT2D eigenvalue weighted by atomic mass is 10.2. The highest BCUT2D eigenvalue weighted by Crippen LogP contribution is 2.38. The number of nitrogens with one attached hydrogen (secondary N) is 1. The van der Waals surface area contributed by atoms with Gasteiger partial charge >= 0.3 is 5.97 Å². The quantitative estimate of drug-likeness (QED) is 0.626. The summed E-state index contributed by atoms with van der Waals surface area (Å²) in [6.07, 6.45) is 0. The van der Waals surface area contributed by atoms with Crippen LogP contribution in [0, 0.1) is 6.92 Å². The van der Waals surface area contributed by atoms with Crippen LogP contribution >= 0.6 is 24.0 Å². The number of thioether (sulfide) groups is 1. The standard InChI is InChI=1S/C12H15N3O4S2/c1-3-18-11(17)7-4-8(19-6(7)2)10-15(14-12(13)20)9(16)5-21-10/h4,10H,3,5H2,1-2H3,(H3,13,14,20). The summed E-state index contributed by atoms with van der Waals surface area (Å²) in [5.41, 5.74) is 8.38. The van der Waals surface area contributed by atoms with Gasteiger partial charge in [-0.2, -0.15) is 0 Å². The number of rotatable bonds is 4. The van der Waals surface area contributed by atoms with Crippen LogP contribution < -0.4 is 11.2 Å². The van der Waals surface area contributed by atoms with Gasteiger partial charge in [0.05, 0.1) is 12.4 Å². The van der Waals surface area contributed by atoms with E-state index < -0.39 is 11.3 Å². The second kappa shape index (κ2) is 6.35. The topological polar surface area (TPSA) is 97.8 Å². The van der Waals surface area contributed by atoms with Crippen molar-refractivity contribution in [1.82, 2.24) is 10.4 Å². The summed E-state index contributed by atoms with van der Waals surface area (Å²) in [6, 6.07) is 1.58. The lowest BCUT2D eigenvalue weighted by Crippen LogP contribution is -2.46. The average molecular weight is 329 g/mol. The summed E-state index contributed by atoms with van der Waals surface area (Å²) in [5, 5.41) is 0.867. The zero-order valence-electron chi connectivity index (χ0n) is 11.5. The van der Waals surface area contributed by atoms with Gasteiger partial charge in [-0.25, -0.2) is 9.80 Å². The molecule has 1 aliphatic heterocycles. The van der Waals surface area contributed by atoms with Crippen molar-refractivity contribution in [1.29, 1.82) is 0 Å². The molecule has 0 radical (unpaired) electrons. The van der Waals surface area contributed by atoms with Gasteiger partial charge in [0.15, 0.2) is 10.5 Å². The number of hydrogen-bond acceptors (Lipinski definition) is 6. The van der Waals surface area contributed by atoms with Crippen molar-refractivity contribution >= 4 is 41.0 Å². The van der Waals surface area contributed by atoms with Gasteiger partial charge in [0.1, 0.15) is 17.1 Å². The number of hydrogen-bond donors (Lipinski definition) is 2. The lowest BCUT2D eigenvalue weighted by molar-refractivity contribution is -0.130. The van der Waals surface area contributed by atoms with Crippen molar-refractivity contribution < 1.29 is 18.7 Å². The molecule has 0 bridgehead atoms. The molecule has 0 spiro atoms. The number of nitrogens with two attached hydrogens (primary N) is 1. The van der Waals surface area contributed by atoms with E-state index in [2.05, 4.69) is 5.43 Å². The largest absolute Gasteiger partial charge is 0.462 e. The Kier molecular flexibility index (Phi) is 4.73.